The monoisotopic (exact) mass is 268 g/mol. The van der Waals surface area contributed by atoms with Crippen molar-refractivity contribution in [3.8, 4) is 6.07 Å². The van der Waals surface area contributed by atoms with E-state index in [1.54, 1.807) is 6.07 Å². The highest BCUT2D eigenvalue weighted by Crippen LogP contribution is 2.18. The Labute approximate surface area is 94.1 Å². The number of benzene rings is 1. The molecule has 1 aromatic carbocycles. The zero-order chi connectivity index (χ0) is 11.4. The number of carbonyl (C=O) groups excluding carboxylic acids is 1. The van der Waals surface area contributed by atoms with Crippen molar-refractivity contribution in [3.63, 3.8) is 0 Å². The fourth-order valence-corrected chi connectivity index (χ4v) is 1.32. The maximum atomic E-state index is 12.9. The lowest BCUT2D eigenvalue weighted by molar-refractivity contribution is -0.114. The predicted octanol–water partition coefficient (Wildman–Crippen LogP) is 1.98. The molecule has 0 spiro atoms. The molecule has 0 fully saturated rings. The van der Waals surface area contributed by atoms with E-state index in [2.05, 4.69) is 15.9 Å². The summed E-state index contributed by atoms with van der Waals surface area (Å²) in [4.78, 5) is 10.7. The average molecular weight is 269 g/mol. The highest BCUT2D eigenvalue weighted by Gasteiger charge is 2.04. The minimum absolute atomic E-state index is 0.173. The van der Waals surface area contributed by atoms with Crippen LogP contribution in [0.2, 0.25) is 0 Å². The summed E-state index contributed by atoms with van der Waals surface area (Å²) in [6.07, 6.45) is 1.30. The first kappa shape index (κ1) is 11.4. The molecule has 0 heterocycles. The fraction of sp³-hybridized carbons (Fsp3) is 0. The van der Waals surface area contributed by atoms with Crippen LogP contribution in [-0.4, -0.2) is 5.91 Å². The van der Waals surface area contributed by atoms with Crippen LogP contribution >= 0.6 is 15.9 Å². The molecule has 0 saturated carbocycles. The largest absolute Gasteiger partial charge is 0.365 e. The quantitative estimate of drug-likeness (QED) is 0.658. The molecule has 0 radical (unpaired) electrons. The SMILES string of the molecule is N#C/C(=C\c1ccc(F)c(Br)c1)C(N)=O. The van der Waals surface area contributed by atoms with Crippen LogP contribution in [0.5, 0.6) is 0 Å². The maximum absolute atomic E-state index is 12.9. The predicted molar refractivity (Wildman–Crippen MR) is 56.9 cm³/mol. The van der Waals surface area contributed by atoms with Crippen LogP contribution in [0.4, 0.5) is 4.39 Å². The van der Waals surface area contributed by atoms with E-state index >= 15 is 0 Å². The van der Waals surface area contributed by atoms with Gasteiger partial charge in [0.25, 0.3) is 5.91 Å². The topological polar surface area (TPSA) is 66.9 Å². The first-order chi connectivity index (χ1) is 7.04. The minimum atomic E-state index is -0.807. The van der Waals surface area contributed by atoms with Crippen LogP contribution in [0.15, 0.2) is 28.2 Å². The van der Waals surface area contributed by atoms with Gasteiger partial charge < -0.3 is 5.73 Å². The minimum Gasteiger partial charge on any atom is -0.365 e. The van der Waals surface area contributed by atoms with Crippen molar-refractivity contribution in [2.24, 2.45) is 5.73 Å². The van der Waals surface area contributed by atoms with Crippen molar-refractivity contribution < 1.29 is 9.18 Å². The van der Waals surface area contributed by atoms with Crippen molar-refractivity contribution in [1.29, 1.82) is 5.26 Å². The van der Waals surface area contributed by atoms with Gasteiger partial charge in [0, 0.05) is 0 Å². The normalized spacial score (nSPS) is 10.9. The van der Waals surface area contributed by atoms with Gasteiger partial charge in [-0.25, -0.2) is 4.39 Å². The Morgan fingerprint density at radius 1 is 1.60 bits per heavy atom. The summed E-state index contributed by atoms with van der Waals surface area (Å²) in [5.74, 6) is -1.22. The Bertz CT molecular complexity index is 477. The van der Waals surface area contributed by atoms with E-state index in [1.165, 1.54) is 24.3 Å². The molecular formula is C10H6BrFN2O. The number of carbonyl (C=O) groups is 1. The Morgan fingerprint density at radius 3 is 2.73 bits per heavy atom. The number of halogens is 2. The summed E-state index contributed by atoms with van der Waals surface area (Å²) in [6.45, 7) is 0. The second kappa shape index (κ2) is 4.71. The molecule has 0 aromatic heterocycles. The Morgan fingerprint density at radius 2 is 2.27 bits per heavy atom. The van der Waals surface area contributed by atoms with Gasteiger partial charge in [0.2, 0.25) is 0 Å². The number of amides is 1. The van der Waals surface area contributed by atoms with E-state index in [4.69, 9.17) is 11.0 Å². The van der Waals surface area contributed by atoms with E-state index in [1.807, 2.05) is 0 Å². The van der Waals surface area contributed by atoms with Gasteiger partial charge in [-0.3, -0.25) is 4.79 Å². The Balaban J connectivity index is 3.14. The standard InChI is InChI=1S/C10H6BrFN2O/c11-8-4-6(1-2-9(8)12)3-7(5-13)10(14)15/h1-4H,(H2,14,15)/b7-3+. The zero-order valence-corrected chi connectivity index (χ0v) is 9.08. The molecule has 0 unspecified atom stereocenters. The molecule has 1 aromatic rings. The van der Waals surface area contributed by atoms with Gasteiger partial charge in [-0.15, -0.1) is 0 Å². The van der Waals surface area contributed by atoms with Crippen molar-refractivity contribution in [2.45, 2.75) is 0 Å². The van der Waals surface area contributed by atoms with Crippen LogP contribution in [0, 0.1) is 17.1 Å². The number of nitriles is 1. The van der Waals surface area contributed by atoms with Crippen molar-refractivity contribution >= 4 is 27.9 Å². The maximum Gasteiger partial charge on any atom is 0.259 e. The molecule has 0 atom stereocenters. The summed E-state index contributed by atoms with van der Waals surface area (Å²) < 4.78 is 13.1. The van der Waals surface area contributed by atoms with Crippen LogP contribution < -0.4 is 5.73 Å². The van der Waals surface area contributed by atoms with Crippen LogP contribution in [0.3, 0.4) is 0 Å². The summed E-state index contributed by atoms with van der Waals surface area (Å²) in [7, 11) is 0. The molecule has 1 rings (SSSR count). The number of hydrogen-bond donors (Lipinski definition) is 1. The van der Waals surface area contributed by atoms with E-state index in [0.29, 0.717) is 5.56 Å². The van der Waals surface area contributed by atoms with Crippen molar-refractivity contribution in [3.05, 3.63) is 39.6 Å². The highest BCUT2D eigenvalue weighted by molar-refractivity contribution is 9.10. The van der Waals surface area contributed by atoms with Gasteiger partial charge in [-0.05, 0) is 39.7 Å². The lowest BCUT2D eigenvalue weighted by atomic mass is 10.1. The third kappa shape index (κ3) is 2.89. The highest BCUT2D eigenvalue weighted by atomic mass is 79.9. The van der Waals surface area contributed by atoms with Gasteiger partial charge in [0.05, 0.1) is 4.47 Å². The van der Waals surface area contributed by atoms with E-state index in [-0.39, 0.29) is 10.0 Å². The molecule has 76 valence electrons. The van der Waals surface area contributed by atoms with Crippen molar-refractivity contribution in [1.82, 2.24) is 0 Å². The van der Waals surface area contributed by atoms with Crippen molar-refractivity contribution in [2.75, 3.05) is 0 Å². The number of hydrogen-bond acceptors (Lipinski definition) is 2. The second-order valence-electron chi connectivity index (χ2n) is 2.71. The molecule has 0 bridgehead atoms. The Kier molecular flexibility index (Phi) is 3.58. The molecular weight excluding hydrogens is 263 g/mol. The van der Waals surface area contributed by atoms with Gasteiger partial charge in [-0.1, -0.05) is 6.07 Å². The van der Waals surface area contributed by atoms with Crippen LogP contribution in [0.1, 0.15) is 5.56 Å². The van der Waals surface area contributed by atoms with Crippen LogP contribution in [0.25, 0.3) is 6.08 Å². The third-order valence-electron chi connectivity index (χ3n) is 1.64. The number of primary amides is 1. The first-order valence-corrected chi connectivity index (χ1v) is 4.70. The van der Waals surface area contributed by atoms with Gasteiger partial charge in [0.15, 0.2) is 0 Å². The smallest absolute Gasteiger partial charge is 0.259 e. The molecule has 2 N–H and O–H groups in total. The molecule has 0 aliphatic carbocycles. The average Bonchev–Trinajstić information content (AvgIpc) is 2.19. The van der Waals surface area contributed by atoms with E-state index in [9.17, 15) is 9.18 Å². The second-order valence-corrected chi connectivity index (χ2v) is 3.56. The molecule has 0 aliphatic rings. The lowest BCUT2D eigenvalue weighted by Gasteiger charge is -1.97. The molecule has 15 heavy (non-hydrogen) atoms. The molecule has 0 aliphatic heterocycles. The molecule has 0 saturated heterocycles. The molecule has 1 amide bonds. The lowest BCUT2D eigenvalue weighted by Crippen LogP contribution is -2.12. The number of nitrogens with zero attached hydrogens (tertiary/aromatic N) is 1. The molecule has 5 heteroatoms. The zero-order valence-electron chi connectivity index (χ0n) is 7.50. The summed E-state index contributed by atoms with van der Waals surface area (Å²) in [5, 5.41) is 8.58. The number of nitrogens with two attached hydrogens (primary N) is 1. The van der Waals surface area contributed by atoms with Gasteiger partial charge in [-0.2, -0.15) is 5.26 Å². The van der Waals surface area contributed by atoms with Gasteiger partial charge in [0.1, 0.15) is 17.5 Å². The molecule has 3 nitrogen and oxygen atoms in total. The van der Waals surface area contributed by atoms with E-state index < -0.39 is 11.7 Å². The third-order valence-corrected chi connectivity index (χ3v) is 2.25. The summed E-state index contributed by atoms with van der Waals surface area (Å²) in [5.41, 5.74) is 5.30. The first-order valence-electron chi connectivity index (χ1n) is 3.91. The number of rotatable bonds is 2. The van der Waals surface area contributed by atoms with Crippen LogP contribution in [-0.2, 0) is 4.79 Å². The summed E-state index contributed by atoms with van der Waals surface area (Å²) in [6, 6.07) is 5.79. The van der Waals surface area contributed by atoms with Gasteiger partial charge >= 0.3 is 0 Å². The summed E-state index contributed by atoms with van der Waals surface area (Å²) >= 11 is 2.99. The fourth-order valence-electron chi connectivity index (χ4n) is 0.927. The van der Waals surface area contributed by atoms with E-state index in [0.717, 1.165) is 0 Å². The Hall–Kier alpha value is -1.67.